The maximum absolute atomic E-state index is 5.65. The van der Waals surface area contributed by atoms with Crippen LogP contribution in [-0.4, -0.2) is 15.9 Å². The fourth-order valence-corrected chi connectivity index (χ4v) is 2.24. The normalized spacial score (nSPS) is 11.3. The minimum Gasteiger partial charge on any atom is -0.491 e. The van der Waals surface area contributed by atoms with Gasteiger partial charge in [-0.3, -0.25) is 4.68 Å². The van der Waals surface area contributed by atoms with E-state index in [0.29, 0.717) is 6.04 Å². The van der Waals surface area contributed by atoms with Crippen molar-refractivity contribution in [1.29, 1.82) is 0 Å². The maximum atomic E-state index is 5.65. The van der Waals surface area contributed by atoms with Gasteiger partial charge in [-0.2, -0.15) is 5.10 Å². The molecule has 1 radical (unpaired) electrons. The Morgan fingerprint density at radius 3 is 2.30 bits per heavy atom. The van der Waals surface area contributed by atoms with Crippen molar-refractivity contribution >= 4 is 0 Å². The Labute approximate surface area is 121 Å². The predicted octanol–water partition coefficient (Wildman–Crippen LogP) is 3.95. The lowest BCUT2D eigenvalue weighted by atomic mass is 10.1. The summed E-state index contributed by atoms with van der Waals surface area (Å²) < 4.78 is 7.67. The van der Waals surface area contributed by atoms with Gasteiger partial charge in [0, 0.05) is 23.7 Å². The van der Waals surface area contributed by atoms with E-state index in [0.717, 1.165) is 17.7 Å². The van der Waals surface area contributed by atoms with Crippen molar-refractivity contribution in [3.63, 3.8) is 0 Å². The van der Waals surface area contributed by atoms with E-state index < -0.39 is 0 Å². The Hall–Kier alpha value is -1.77. The van der Waals surface area contributed by atoms with E-state index in [1.54, 1.807) is 0 Å². The molecule has 0 aliphatic heterocycles. The molecule has 3 nitrogen and oxygen atoms in total. The van der Waals surface area contributed by atoms with Crippen LogP contribution >= 0.6 is 0 Å². The van der Waals surface area contributed by atoms with Gasteiger partial charge < -0.3 is 4.74 Å². The van der Waals surface area contributed by atoms with Crippen LogP contribution in [0.15, 0.2) is 24.3 Å². The van der Waals surface area contributed by atoms with Gasteiger partial charge in [0.15, 0.2) is 0 Å². The Balaban J connectivity index is 2.10. The highest BCUT2D eigenvalue weighted by Crippen LogP contribution is 2.19. The summed E-state index contributed by atoms with van der Waals surface area (Å²) in [6.45, 7) is 10.4. The van der Waals surface area contributed by atoms with Crippen molar-refractivity contribution in [2.24, 2.45) is 0 Å². The van der Waals surface area contributed by atoms with Crippen molar-refractivity contribution in [3.8, 4) is 5.75 Å². The molecule has 1 aromatic heterocycles. The average Bonchev–Trinajstić information content (AvgIpc) is 2.73. The van der Waals surface area contributed by atoms with Crippen molar-refractivity contribution in [2.75, 3.05) is 0 Å². The van der Waals surface area contributed by atoms with Crippen LogP contribution in [0.3, 0.4) is 0 Å². The van der Waals surface area contributed by atoms with E-state index in [4.69, 9.17) is 4.74 Å². The Morgan fingerprint density at radius 1 is 1.15 bits per heavy atom. The lowest BCUT2D eigenvalue weighted by Gasteiger charge is -2.10. The minimum atomic E-state index is 0.209. The highest BCUT2D eigenvalue weighted by Gasteiger charge is 2.10. The van der Waals surface area contributed by atoms with Crippen molar-refractivity contribution in [3.05, 3.63) is 47.3 Å². The molecule has 2 aromatic rings. The second kappa shape index (κ2) is 6.12. The molecule has 0 fully saturated rings. The summed E-state index contributed by atoms with van der Waals surface area (Å²) in [5.41, 5.74) is 3.61. The molecule has 107 valence electrons. The number of benzene rings is 1. The first-order valence-corrected chi connectivity index (χ1v) is 7.18. The number of ether oxygens (including phenoxy) is 1. The third-order valence-electron chi connectivity index (χ3n) is 3.24. The SMILES string of the molecule is Cc1c(Cc2ccc(OC(C)C)cc2)[c]nn1C(C)C. The molecule has 0 aliphatic carbocycles. The topological polar surface area (TPSA) is 27.1 Å². The molecule has 0 aliphatic rings. The lowest BCUT2D eigenvalue weighted by molar-refractivity contribution is 0.242. The number of rotatable bonds is 5. The molecule has 20 heavy (non-hydrogen) atoms. The standard InChI is InChI=1S/C17H23N2O/c1-12(2)19-14(5)16(11-18-19)10-15-6-8-17(9-7-15)20-13(3)4/h6-9,12-13H,10H2,1-5H3. The van der Waals surface area contributed by atoms with Crippen LogP contribution in [0, 0.1) is 13.1 Å². The van der Waals surface area contributed by atoms with Gasteiger partial charge in [-0.25, -0.2) is 0 Å². The summed E-state index contributed by atoms with van der Waals surface area (Å²) in [6, 6.07) is 8.65. The van der Waals surface area contributed by atoms with Gasteiger partial charge >= 0.3 is 0 Å². The molecule has 3 heteroatoms. The molecule has 0 saturated heterocycles. The summed E-state index contributed by atoms with van der Waals surface area (Å²) in [5, 5.41) is 4.34. The van der Waals surface area contributed by atoms with Crippen molar-refractivity contribution < 1.29 is 4.74 Å². The number of hydrogen-bond acceptors (Lipinski definition) is 2. The van der Waals surface area contributed by atoms with Crippen LogP contribution in [0.4, 0.5) is 0 Å². The Bertz CT molecular complexity index is 553. The average molecular weight is 271 g/mol. The minimum absolute atomic E-state index is 0.209. The molecular formula is C17H23N2O. The fourth-order valence-electron chi connectivity index (χ4n) is 2.24. The van der Waals surface area contributed by atoms with Gasteiger partial charge in [-0.05, 0) is 52.3 Å². The van der Waals surface area contributed by atoms with Gasteiger partial charge in [0.05, 0.1) is 6.10 Å². The highest BCUT2D eigenvalue weighted by atomic mass is 16.5. The molecule has 0 saturated carbocycles. The van der Waals surface area contributed by atoms with E-state index >= 15 is 0 Å². The van der Waals surface area contributed by atoms with E-state index in [1.165, 1.54) is 11.3 Å². The first-order valence-electron chi connectivity index (χ1n) is 7.18. The first kappa shape index (κ1) is 14.6. The van der Waals surface area contributed by atoms with Crippen LogP contribution in [0.2, 0.25) is 0 Å². The molecule has 0 atom stereocenters. The summed E-state index contributed by atoms with van der Waals surface area (Å²) in [7, 11) is 0. The predicted molar refractivity (Wildman–Crippen MR) is 81.2 cm³/mol. The van der Waals surface area contributed by atoms with Crippen LogP contribution < -0.4 is 4.74 Å². The van der Waals surface area contributed by atoms with Gasteiger partial charge in [0.1, 0.15) is 11.9 Å². The molecule has 0 unspecified atom stereocenters. The van der Waals surface area contributed by atoms with Crippen LogP contribution in [-0.2, 0) is 6.42 Å². The summed E-state index contributed by atoms with van der Waals surface area (Å²) in [6.07, 6.45) is 4.20. The third-order valence-corrected chi connectivity index (χ3v) is 3.24. The van der Waals surface area contributed by atoms with Gasteiger partial charge in [-0.1, -0.05) is 12.1 Å². The highest BCUT2D eigenvalue weighted by molar-refractivity contribution is 5.32. The molecule has 0 spiro atoms. The molecule has 0 N–H and O–H groups in total. The van der Waals surface area contributed by atoms with Gasteiger partial charge in [-0.15, -0.1) is 0 Å². The summed E-state index contributed by atoms with van der Waals surface area (Å²) in [5.74, 6) is 0.919. The number of nitrogens with zero attached hydrogens (tertiary/aromatic N) is 2. The van der Waals surface area contributed by atoms with Crippen LogP contribution in [0.1, 0.15) is 50.6 Å². The number of aromatic nitrogens is 2. The smallest absolute Gasteiger partial charge is 0.119 e. The molecule has 0 amide bonds. The lowest BCUT2D eigenvalue weighted by Crippen LogP contribution is -2.05. The second-order valence-electron chi connectivity index (χ2n) is 5.70. The molecule has 0 bridgehead atoms. The number of hydrogen-bond donors (Lipinski definition) is 0. The van der Waals surface area contributed by atoms with E-state index in [-0.39, 0.29) is 6.10 Å². The van der Waals surface area contributed by atoms with Crippen LogP contribution in [0.25, 0.3) is 0 Å². The maximum Gasteiger partial charge on any atom is 0.119 e. The first-order chi connectivity index (χ1) is 9.47. The second-order valence-corrected chi connectivity index (χ2v) is 5.70. The van der Waals surface area contributed by atoms with Gasteiger partial charge in [0.2, 0.25) is 0 Å². The zero-order valence-electron chi connectivity index (χ0n) is 13.0. The van der Waals surface area contributed by atoms with Crippen molar-refractivity contribution in [2.45, 2.75) is 53.2 Å². The van der Waals surface area contributed by atoms with E-state index in [1.807, 2.05) is 30.7 Å². The molecule has 1 aromatic carbocycles. The molecular weight excluding hydrogens is 248 g/mol. The van der Waals surface area contributed by atoms with E-state index in [9.17, 15) is 0 Å². The van der Waals surface area contributed by atoms with Gasteiger partial charge in [0.25, 0.3) is 0 Å². The third kappa shape index (κ3) is 3.41. The molecule has 1 heterocycles. The largest absolute Gasteiger partial charge is 0.491 e. The monoisotopic (exact) mass is 271 g/mol. The zero-order chi connectivity index (χ0) is 14.7. The van der Waals surface area contributed by atoms with Crippen LogP contribution in [0.5, 0.6) is 5.75 Å². The molecule has 2 rings (SSSR count). The quantitative estimate of drug-likeness (QED) is 0.823. The zero-order valence-corrected chi connectivity index (χ0v) is 13.0. The Morgan fingerprint density at radius 2 is 1.80 bits per heavy atom. The van der Waals surface area contributed by atoms with Crippen molar-refractivity contribution in [1.82, 2.24) is 9.78 Å². The fraction of sp³-hybridized carbons (Fsp3) is 0.471. The summed E-state index contributed by atoms with van der Waals surface area (Å²) >= 11 is 0. The van der Waals surface area contributed by atoms with E-state index in [2.05, 4.69) is 44.2 Å². The Kier molecular flexibility index (Phi) is 4.48. The summed E-state index contributed by atoms with van der Waals surface area (Å²) in [4.78, 5) is 0.